The molecular weight excluding hydrogens is 364 g/mol. The highest BCUT2D eigenvalue weighted by atomic mass is 35.5. The molecule has 0 radical (unpaired) electrons. The van der Waals surface area contributed by atoms with Crippen molar-refractivity contribution in [3.05, 3.63) is 65.2 Å². The van der Waals surface area contributed by atoms with Crippen molar-refractivity contribution in [1.29, 1.82) is 0 Å². The third-order valence-corrected chi connectivity index (χ3v) is 5.10. The monoisotopic (exact) mass is 382 g/mol. The lowest BCUT2D eigenvalue weighted by Crippen LogP contribution is -2.39. The van der Waals surface area contributed by atoms with Gasteiger partial charge < -0.3 is 9.42 Å². The second-order valence-electron chi connectivity index (χ2n) is 6.65. The first-order valence-corrected chi connectivity index (χ1v) is 9.33. The van der Waals surface area contributed by atoms with Gasteiger partial charge in [0.1, 0.15) is 0 Å². The van der Waals surface area contributed by atoms with E-state index in [0.717, 1.165) is 24.0 Å². The van der Waals surface area contributed by atoms with Gasteiger partial charge in [-0.25, -0.2) is 0 Å². The van der Waals surface area contributed by atoms with Crippen LogP contribution in [-0.2, 0) is 11.2 Å². The van der Waals surface area contributed by atoms with E-state index in [0.29, 0.717) is 36.2 Å². The van der Waals surface area contributed by atoms with E-state index in [2.05, 4.69) is 15.1 Å². The number of nitrogens with zero attached hydrogens (tertiary/aromatic N) is 4. The number of hydrogen-bond acceptors (Lipinski definition) is 5. The minimum Gasteiger partial charge on any atom is -0.342 e. The fourth-order valence-corrected chi connectivity index (χ4v) is 3.41. The van der Waals surface area contributed by atoms with Gasteiger partial charge in [-0.3, -0.25) is 9.78 Å². The van der Waals surface area contributed by atoms with Crippen LogP contribution in [0.15, 0.2) is 53.3 Å². The number of pyridine rings is 1. The summed E-state index contributed by atoms with van der Waals surface area (Å²) in [6.45, 7) is 1.41. The van der Waals surface area contributed by atoms with E-state index in [1.54, 1.807) is 12.4 Å². The highest BCUT2D eigenvalue weighted by Crippen LogP contribution is 2.28. The van der Waals surface area contributed by atoms with Crippen molar-refractivity contribution in [1.82, 2.24) is 20.0 Å². The molecule has 0 spiro atoms. The van der Waals surface area contributed by atoms with Crippen LogP contribution in [0, 0.1) is 0 Å². The smallest absolute Gasteiger partial charge is 0.258 e. The standard InChI is InChI=1S/C20H19ClN4O2/c21-17-3-1-14(2-4-17)13-18(26)25-11-7-15(8-12-25)19-23-20(27-24-19)16-5-9-22-10-6-16/h1-6,9-10,15H,7-8,11-13H2. The van der Waals surface area contributed by atoms with Crippen molar-refractivity contribution in [2.24, 2.45) is 0 Å². The number of rotatable bonds is 4. The van der Waals surface area contributed by atoms with E-state index in [-0.39, 0.29) is 11.8 Å². The average Bonchev–Trinajstić information content (AvgIpc) is 3.21. The number of hydrogen-bond donors (Lipinski definition) is 0. The summed E-state index contributed by atoms with van der Waals surface area (Å²) in [5.41, 5.74) is 1.84. The molecule has 1 aliphatic rings. The minimum absolute atomic E-state index is 0.140. The Balaban J connectivity index is 1.34. The first kappa shape index (κ1) is 17.7. The Kier molecular flexibility index (Phi) is 5.16. The van der Waals surface area contributed by atoms with E-state index in [1.807, 2.05) is 41.3 Å². The van der Waals surface area contributed by atoms with Crippen LogP contribution >= 0.6 is 11.6 Å². The van der Waals surface area contributed by atoms with E-state index >= 15 is 0 Å². The van der Waals surface area contributed by atoms with Crippen LogP contribution in [0.5, 0.6) is 0 Å². The molecule has 3 heterocycles. The summed E-state index contributed by atoms with van der Waals surface area (Å²) in [6, 6.07) is 11.1. The largest absolute Gasteiger partial charge is 0.342 e. The Morgan fingerprint density at radius 1 is 1.11 bits per heavy atom. The molecular formula is C20H19ClN4O2. The SMILES string of the molecule is O=C(Cc1ccc(Cl)cc1)N1CCC(c2noc(-c3ccncc3)n2)CC1. The number of benzene rings is 1. The van der Waals surface area contributed by atoms with Crippen LogP contribution in [0.25, 0.3) is 11.5 Å². The maximum absolute atomic E-state index is 12.5. The number of likely N-dealkylation sites (tertiary alicyclic amines) is 1. The van der Waals surface area contributed by atoms with Gasteiger partial charge in [-0.05, 0) is 42.7 Å². The van der Waals surface area contributed by atoms with Gasteiger partial charge in [0.25, 0.3) is 5.89 Å². The van der Waals surface area contributed by atoms with Gasteiger partial charge in [-0.15, -0.1) is 0 Å². The quantitative estimate of drug-likeness (QED) is 0.687. The summed E-state index contributed by atoms with van der Waals surface area (Å²) in [6.07, 6.45) is 5.47. The molecule has 0 saturated carbocycles. The minimum atomic E-state index is 0.140. The number of carbonyl (C=O) groups excluding carboxylic acids is 1. The molecule has 0 unspecified atom stereocenters. The van der Waals surface area contributed by atoms with Crippen molar-refractivity contribution in [3.63, 3.8) is 0 Å². The van der Waals surface area contributed by atoms with Crippen LogP contribution in [0.1, 0.15) is 30.1 Å². The molecule has 6 nitrogen and oxygen atoms in total. The third-order valence-electron chi connectivity index (χ3n) is 4.85. The predicted molar refractivity (Wildman–Crippen MR) is 101 cm³/mol. The van der Waals surface area contributed by atoms with Crippen molar-refractivity contribution in [3.8, 4) is 11.5 Å². The van der Waals surface area contributed by atoms with Crippen LogP contribution in [-0.4, -0.2) is 39.0 Å². The zero-order chi connectivity index (χ0) is 18.6. The van der Waals surface area contributed by atoms with E-state index < -0.39 is 0 Å². The highest BCUT2D eigenvalue weighted by molar-refractivity contribution is 6.30. The fraction of sp³-hybridized carbons (Fsp3) is 0.300. The average molecular weight is 383 g/mol. The maximum atomic E-state index is 12.5. The fourth-order valence-electron chi connectivity index (χ4n) is 3.29. The van der Waals surface area contributed by atoms with Gasteiger partial charge in [0.05, 0.1) is 6.42 Å². The van der Waals surface area contributed by atoms with Gasteiger partial charge in [0, 0.05) is 42.0 Å². The summed E-state index contributed by atoms with van der Waals surface area (Å²) in [4.78, 5) is 23.0. The number of halogens is 1. The molecule has 27 heavy (non-hydrogen) atoms. The summed E-state index contributed by atoms with van der Waals surface area (Å²) in [5, 5.41) is 4.82. The zero-order valence-corrected chi connectivity index (χ0v) is 15.5. The summed E-state index contributed by atoms with van der Waals surface area (Å²) < 4.78 is 5.39. The predicted octanol–water partition coefficient (Wildman–Crippen LogP) is 3.73. The summed E-state index contributed by atoms with van der Waals surface area (Å²) in [5.74, 6) is 1.57. The van der Waals surface area contributed by atoms with Crippen LogP contribution in [0.4, 0.5) is 0 Å². The lowest BCUT2D eigenvalue weighted by Gasteiger charge is -2.30. The first-order valence-electron chi connectivity index (χ1n) is 8.95. The first-order chi connectivity index (χ1) is 13.2. The van der Waals surface area contributed by atoms with Gasteiger partial charge in [0.15, 0.2) is 5.82 Å². The van der Waals surface area contributed by atoms with Crippen LogP contribution in [0.2, 0.25) is 5.02 Å². The normalized spacial score (nSPS) is 15.1. The Morgan fingerprint density at radius 2 is 1.81 bits per heavy atom. The number of piperidine rings is 1. The Labute approximate surface area is 162 Å². The van der Waals surface area contributed by atoms with Gasteiger partial charge in [-0.1, -0.05) is 28.9 Å². The molecule has 0 bridgehead atoms. The molecule has 1 saturated heterocycles. The van der Waals surface area contributed by atoms with Gasteiger partial charge in [-0.2, -0.15) is 4.98 Å². The van der Waals surface area contributed by atoms with Gasteiger partial charge >= 0.3 is 0 Å². The Bertz CT molecular complexity index is 903. The summed E-state index contributed by atoms with van der Waals surface area (Å²) in [7, 11) is 0. The highest BCUT2D eigenvalue weighted by Gasteiger charge is 2.27. The molecule has 138 valence electrons. The van der Waals surface area contributed by atoms with Gasteiger partial charge in [0.2, 0.25) is 5.91 Å². The number of amides is 1. The molecule has 2 aromatic heterocycles. The zero-order valence-electron chi connectivity index (χ0n) is 14.7. The number of aromatic nitrogens is 3. The van der Waals surface area contributed by atoms with Crippen molar-refractivity contribution < 1.29 is 9.32 Å². The second-order valence-corrected chi connectivity index (χ2v) is 7.09. The topological polar surface area (TPSA) is 72.1 Å². The number of carbonyl (C=O) groups is 1. The van der Waals surface area contributed by atoms with Crippen molar-refractivity contribution >= 4 is 17.5 Å². The molecule has 1 aliphatic heterocycles. The Morgan fingerprint density at radius 3 is 2.52 bits per heavy atom. The second kappa shape index (κ2) is 7.88. The van der Waals surface area contributed by atoms with Crippen molar-refractivity contribution in [2.45, 2.75) is 25.2 Å². The molecule has 4 rings (SSSR count). The lowest BCUT2D eigenvalue weighted by atomic mass is 9.95. The maximum Gasteiger partial charge on any atom is 0.258 e. The van der Waals surface area contributed by atoms with Crippen LogP contribution in [0.3, 0.4) is 0 Å². The van der Waals surface area contributed by atoms with E-state index in [9.17, 15) is 4.79 Å². The molecule has 0 atom stereocenters. The molecule has 0 N–H and O–H groups in total. The molecule has 7 heteroatoms. The van der Waals surface area contributed by atoms with Crippen LogP contribution < -0.4 is 0 Å². The summed E-state index contributed by atoms with van der Waals surface area (Å²) >= 11 is 5.89. The Hall–Kier alpha value is -2.73. The molecule has 1 fully saturated rings. The molecule has 1 amide bonds. The van der Waals surface area contributed by atoms with E-state index in [1.165, 1.54) is 0 Å². The third kappa shape index (κ3) is 4.17. The van der Waals surface area contributed by atoms with Crippen molar-refractivity contribution in [2.75, 3.05) is 13.1 Å². The lowest BCUT2D eigenvalue weighted by molar-refractivity contribution is -0.131. The molecule has 3 aromatic rings. The molecule has 0 aliphatic carbocycles. The van der Waals surface area contributed by atoms with E-state index in [4.69, 9.17) is 16.1 Å². The molecule has 1 aromatic carbocycles.